The molecule has 4 aliphatic rings. The third kappa shape index (κ3) is 4.50. The first-order valence-corrected chi connectivity index (χ1v) is 18.5. The van der Waals surface area contributed by atoms with Crippen LogP contribution in [0.15, 0.2) is 91.0 Å². The normalized spacial score (nSPS) is 18.5. The van der Waals surface area contributed by atoms with Gasteiger partial charge in [0.15, 0.2) is 0 Å². The Morgan fingerprint density at radius 3 is 1.43 bits per heavy atom. The lowest BCUT2D eigenvalue weighted by Gasteiger charge is -2.29. The van der Waals surface area contributed by atoms with Crippen LogP contribution in [0.4, 0.5) is 17.1 Å². The number of hydrogen-bond donors (Lipinski definition) is 0. The van der Waals surface area contributed by atoms with Gasteiger partial charge in [0.05, 0.1) is 27.9 Å². The Morgan fingerprint density at radius 2 is 0.902 bits per heavy atom. The van der Waals surface area contributed by atoms with Crippen molar-refractivity contribution in [1.82, 2.24) is 9.80 Å². The van der Waals surface area contributed by atoms with Gasteiger partial charge < -0.3 is 4.90 Å². The van der Waals surface area contributed by atoms with Gasteiger partial charge in [0.2, 0.25) is 0 Å². The average Bonchev–Trinajstić information content (AvgIpc) is 3.58. The fourth-order valence-electron chi connectivity index (χ4n) is 9.46. The van der Waals surface area contributed by atoms with Gasteiger partial charge in [0.25, 0.3) is 23.6 Å². The molecular formula is C44H37N3O4. The van der Waals surface area contributed by atoms with Gasteiger partial charge in [-0.15, -0.1) is 0 Å². The van der Waals surface area contributed by atoms with Gasteiger partial charge in [-0.1, -0.05) is 87.1 Å². The maximum atomic E-state index is 14.0. The third-order valence-electron chi connectivity index (χ3n) is 11.9. The molecule has 252 valence electrons. The van der Waals surface area contributed by atoms with Crippen LogP contribution in [-0.4, -0.2) is 45.5 Å². The molecule has 0 spiro atoms. The van der Waals surface area contributed by atoms with Crippen molar-refractivity contribution in [3.05, 3.63) is 113 Å². The summed E-state index contributed by atoms with van der Waals surface area (Å²) in [7, 11) is 0. The van der Waals surface area contributed by atoms with Gasteiger partial charge in [-0.25, -0.2) is 0 Å². The van der Waals surface area contributed by atoms with Crippen LogP contribution >= 0.6 is 0 Å². The molecule has 0 bridgehead atoms. The fraction of sp³-hybridized carbons (Fsp3) is 0.273. The fourth-order valence-corrected chi connectivity index (χ4v) is 9.46. The summed E-state index contributed by atoms with van der Waals surface area (Å²) in [5, 5.41) is 6.78. The highest BCUT2D eigenvalue weighted by Crippen LogP contribution is 2.46. The van der Waals surface area contributed by atoms with Crippen LogP contribution < -0.4 is 4.90 Å². The van der Waals surface area contributed by atoms with E-state index in [1.165, 1.54) is 15.2 Å². The van der Waals surface area contributed by atoms with E-state index in [0.717, 1.165) is 96.8 Å². The number of benzene rings is 6. The number of anilines is 3. The van der Waals surface area contributed by atoms with Crippen molar-refractivity contribution >= 4 is 73.0 Å². The van der Waals surface area contributed by atoms with Crippen molar-refractivity contribution in [2.45, 2.75) is 76.3 Å². The Kier molecular flexibility index (Phi) is 6.82. The summed E-state index contributed by atoms with van der Waals surface area (Å²) in [6.45, 7) is 0. The van der Waals surface area contributed by atoms with E-state index in [2.05, 4.69) is 59.5 Å². The summed E-state index contributed by atoms with van der Waals surface area (Å²) in [5.41, 5.74) is 3.96. The second-order valence-corrected chi connectivity index (χ2v) is 14.8. The molecule has 0 saturated heterocycles. The molecular weight excluding hydrogens is 635 g/mol. The Bertz CT molecular complexity index is 2340. The molecule has 2 saturated carbocycles. The van der Waals surface area contributed by atoms with E-state index in [1.807, 2.05) is 24.3 Å². The maximum absolute atomic E-state index is 14.0. The van der Waals surface area contributed by atoms with Crippen LogP contribution in [0.5, 0.6) is 0 Å². The molecule has 0 radical (unpaired) electrons. The second-order valence-electron chi connectivity index (χ2n) is 14.8. The van der Waals surface area contributed by atoms with Crippen LogP contribution in [0.25, 0.3) is 32.3 Å². The van der Waals surface area contributed by atoms with Gasteiger partial charge in [-0.05, 0) is 95.1 Å². The first-order valence-electron chi connectivity index (χ1n) is 18.5. The van der Waals surface area contributed by atoms with E-state index >= 15 is 0 Å². The lowest BCUT2D eigenvalue weighted by atomic mass is 9.93. The molecule has 0 N–H and O–H groups in total. The lowest BCUT2D eigenvalue weighted by Crippen LogP contribution is -2.40. The van der Waals surface area contributed by atoms with Crippen molar-refractivity contribution in [1.29, 1.82) is 0 Å². The summed E-state index contributed by atoms with van der Waals surface area (Å²) in [5.74, 6) is -0.909. The molecule has 6 aromatic rings. The van der Waals surface area contributed by atoms with Crippen molar-refractivity contribution < 1.29 is 19.2 Å². The summed E-state index contributed by atoms with van der Waals surface area (Å²) < 4.78 is 0. The zero-order valence-corrected chi connectivity index (χ0v) is 28.4. The molecule has 10 rings (SSSR count). The Morgan fingerprint density at radius 1 is 0.451 bits per heavy atom. The number of nitrogens with zero attached hydrogens (tertiary/aromatic N) is 3. The predicted molar refractivity (Wildman–Crippen MR) is 200 cm³/mol. The Hall–Kier alpha value is -5.56. The molecule has 4 amide bonds. The number of amides is 4. The zero-order chi connectivity index (χ0) is 34.4. The van der Waals surface area contributed by atoms with Crippen LogP contribution in [0.2, 0.25) is 0 Å². The molecule has 6 aromatic carbocycles. The van der Waals surface area contributed by atoms with E-state index in [4.69, 9.17) is 0 Å². The van der Waals surface area contributed by atoms with E-state index in [0.29, 0.717) is 33.6 Å². The minimum atomic E-state index is -0.239. The molecule has 0 aromatic heterocycles. The number of rotatable bonds is 5. The predicted octanol–water partition coefficient (Wildman–Crippen LogP) is 9.91. The number of hydrogen-bond acceptors (Lipinski definition) is 5. The van der Waals surface area contributed by atoms with Gasteiger partial charge in [0, 0.05) is 28.8 Å². The Labute approximate surface area is 295 Å². The third-order valence-corrected chi connectivity index (χ3v) is 11.9. The number of imide groups is 2. The lowest BCUT2D eigenvalue weighted by molar-refractivity contribution is 0.0533. The van der Waals surface area contributed by atoms with Gasteiger partial charge in [-0.2, -0.15) is 0 Å². The molecule has 2 fully saturated rings. The molecule has 7 nitrogen and oxygen atoms in total. The minimum absolute atomic E-state index is 0.0735. The number of carbonyl (C=O) groups is 4. The molecule has 2 aliphatic heterocycles. The SMILES string of the molecule is O=C1c2ccc(N(c3ccc4c(c3)C(=O)N(C3CCCCC3)C4=O)c3ccc4ccc5cccc6ccc3c4c56)cc2C(=O)N1C1CCCCC1. The first kappa shape index (κ1) is 30.3. The van der Waals surface area contributed by atoms with Crippen molar-refractivity contribution in [3.63, 3.8) is 0 Å². The zero-order valence-electron chi connectivity index (χ0n) is 28.4. The molecule has 7 heteroatoms. The molecule has 2 aliphatic carbocycles. The highest BCUT2D eigenvalue weighted by molar-refractivity contribution is 6.27. The van der Waals surface area contributed by atoms with E-state index in [-0.39, 0.29) is 35.7 Å². The molecule has 0 unspecified atom stereocenters. The molecule has 51 heavy (non-hydrogen) atoms. The van der Waals surface area contributed by atoms with Gasteiger partial charge in [-0.3, -0.25) is 29.0 Å². The van der Waals surface area contributed by atoms with Crippen LogP contribution in [-0.2, 0) is 0 Å². The smallest absolute Gasteiger partial charge is 0.261 e. The number of carbonyl (C=O) groups excluding carboxylic acids is 4. The largest absolute Gasteiger partial charge is 0.310 e. The average molecular weight is 672 g/mol. The highest BCUT2D eigenvalue weighted by atomic mass is 16.2. The van der Waals surface area contributed by atoms with Crippen molar-refractivity contribution in [3.8, 4) is 0 Å². The highest BCUT2D eigenvalue weighted by Gasteiger charge is 2.42. The molecule has 0 atom stereocenters. The summed E-state index contributed by atoms with van der Waals surface area (Å²) >= 11 is 0. The van der Waals surface area contributed by atoms with E-state index in [9.17, 15) is 19.2 Å². The van der Waals surface area contributed by atoms with Gasteiger partial charge >= 0.3 is 0 Å². The second kappa shape index (κ2) is 11.5. The van der Waals surface area contributed by atoms with E-state index < -0.39 is 0 Å². The number of fused-ring (bicyclic) bond motifs is 2. The minimum Gasteiger partial charge on any atom is -0.310 e. The summed E-state index contributed by atoms with van der Waals surface area (Å²) in [6.07, 6.45) is 9.69. The van der Waals surface area contributed by atoms with Crippen LogP contribution in [0, 0.1) is 0 Å². The standard InChI is InChI=1S/C44H37N3O4/c48-41-33-21-18-31(24-36(33)43(50)46(41)29-10-3-1-4-11-29)45(32-19-22-34-37(25-32)44(51)47(42(34)49)30-12-5-2-6-13-30)38-23-17-28-15-14-26-8-7-9-27-16-20-35(38)40(28)39(26)27/h7-9,14-25,29-30H,1-6,10-13H2. The van der Waals surface area contributed by atoms with Crippen molar-refractivity contribution in [2.24, 2.45) is 0 Å². The molecule has 2 heterocycles. The summed E-state index contributed by atoms with van der Waals surface area (Å²) in [4.78, 5) is 60.4. The van der Waals surface area contributed by atoms with E-state index in [1.54, 1.807) is 12.1 Å². The summed E-state index contributed by atoms with van der Waals surface area (Å²) in [6, 6.07) is 30.0. The quantitative estimate of drug-likeness (QED) is 0.135. The van der Waals surface area contributed by atoms with Crippen molar-refractivity contribution in [2.75, 3.05) is 4.90 Å². The van der Waals surface area contributed by atoms with Crippen LogP contribution in [0.3, 0.4) is 0 Å². The monoisotopic (exact) mass is 671 g/mol. The Balaban J connectivity index is 1.15. The maximum Gasteiger partial charge on any atom is 0.261 e. The topological polar surface area (TPSA) is 78.0 Å². The first-order chi connectivity index (χ1) is 25.0. The van der Waals surface area contributed by atoms with Gasteiger partial charge in [0.1, 0.15) is 0 Å². The van der Waals surface area contributed by atoms with Crippen LogP contribution in [0.1, 0.15) is 106 Å².